The zero-order valence-corrected chi connectivity index (χ0v) is 13.4. The van der Waals surface area contributed by atoms with E-state index in [0.29, 0.717) is 5.75 Å². The van der Waals surface area contributed by atoms with Gasteiger partial charge in [-0.05, 0) is 35.5 Å². The first-order chi connectivity index (χ1) is 11.7. The number of ether oxygens (including phenoxy) is 1. The molecule has 2 aromatic rings. The molecule has 0 unspecified atom stereocenters. The summed E-state index contributed by atoms with van der Waals surface area (Å²) in [6.07, 6.45) is 8.19. The Morgan fingerprint density at radius 3 is 2.79 bits per heavy atom. The van der Waals surface area contributed by atoms with E-state index in [1.54, 1.807) is 19.2 Å². The maximum Gasteiger partial charge on any atom is 0.270 e. The smallest absolute Gasteiger partial charge is 0.270 e. The summed E-state index contributed by atoms with van der Waals surface area (Å²) in [5.74, 6) is 0.702. The minimum Gasteiger partial charge on any atom is -0.496 e. The van der Waals surface area contributed by atoms with Gasteiger partial charge in [0.25, 0.3) is 5.69 Å². The van der Waals surface area contributed by atoms with Crippen molar-refractivity contribution in [2.75, 3.05) is 13.7 Å². The second-order valence-electron chi connectivity index (χ2n) is 5.54. The van der Waals surface area contributed by atoms with E-state index in [-0.39, 0.29) is 10.6 Å². The predicted molar refractivity (Wildman–Crippen MR) is 93.8 cm³/mol. The number of nitrogens with zero attached hydrogens (tertiary/aromatic N) is 2. The molecule has 24 heavy (non-hydrogen) atoms. The SMILES string of the molecule is COc1ccc(CN2C=CC=CC2)cc1-c1cccc([N+](=O)[O-])c1. The van der Waals surface area contributed by atoms with Gasteiger partial charge in [0.1, 0.15) is 5.75 Å². The fourth-order valence-corrected chi connectivity index (χ4v) is 2.72. The number of nitro benzene ring substituents is 1. The van der Waals surface area contributed by atoms with Crippen LogP contribution in [0.4, 0.5) is 5.69 Å². The molecule has 0 fully saturated rings. The highest BCUT2D eigenvalue weighted by molar-refractivity contribution is 5.73. The van der Waals surface area contributed by atoms with Gasteiger partial charge < -0.3 is 9.64 Å². The van der Waals surface area contributed by atoms with Gasteiger partial charge in [0.15, 0.2) is 0 Å². The lowest BCUT2D eigenvalue weighted by Crippen LogP contribution is -2.18. The van der Waals surface area contributed by atoms with E-state index in [2.05, 4.69) is 17.2 Å². The fraction of sp³-hybridized carbons (Fsp3) is 0.158. The predicted octanol–water partition coefficient (Wildman–Crippen LogP) is 4.16. The van der Waals surface area contributed by atoms with Gasteiger partial charge in [-0.15, -0.1) is 0 Å². The summed E-state index contributed by atoms with van der Waals surface area (Å²) >= 11 is 0. The first kappa shape index (κ1) is 15.8. The molecule has 0 bridgehead atoms. The Hall–Kier alpha value is -3.08. The normalized spacial score (nSPS) is 13.1. The number of allylic oxidation sites excluding steroid dienone is 2. The average Bonchev–Trinajstić information content (AvgIpc) is 2.62. The summed E-state index contributed by atoms with van der Waals surface area (Å²) in [6.45, 7) is 1.64. The highest BCUT2D eigenvalue weighted by atomic mass is 16.6. The largest absolute Gasteiger partial charge is 0.496 e. The van der Waals surface area contributed by atoms with E-state index in [1.165, 1.54) is 6.07 Å². The van der Waals surface area contributed by atoms with Crippen LogP contribution in [0, 0.1) is 10.1 Å². The van der Waals surface area contributed by atoms with Crippen molar-refractivity contribution in [2.45, 2.75) is 6.54 Å². The second-order valence-corrected chi connectivity index (χ2v) is 5.54. The van der Waals surface area contributed by atoms with Crippen molar-refractivity contribution in [1.29, 1.82) is 0 Å². The van der Waals surface area contributed by atoms with E-state index in [4.69, 9.17) is 4.74 Å². The molecule has 1 aliphatic heterocycles. The van der Waals surface area contributed by atoms with Crippen molar-refractivity contribution in [3.05, 3.63) is 82.6 Å². The monoisotopic (exact) mass is 322 g/mol. The molecule has 0 spiro atoms. The number of hydrogen-bond donors (Lipinski definition) is 0. The highest BCUT2D eigenvalue weighted by Gasteiger charge is 2.12. The first-order valence-corrected chi connectivity index (χ1v) is 7.66. The third-order valence-electron chi connectivity index (χ3n) is 3.90. The third-order valence-corrected chi connectivity index (χ3v) is 3.90. The lowest BCUT2D eigenvalue weighted by atomic mass is 10.0. The minimum absolute atomic E-state index is 0.0732. The van der Waals surface area contributed by atoms with Crippen LogP contribution in [0.3, 0.4) is 0 Å². The van der Waals surface area contributed by atoms with Gasteiger partial charge in [0.2, 0.25) is 0 Å². The number of non-ortho nitro benzene ring substituents is 1. The topological polar surface area (TPSA) is 55.6 Å². The third kappa shape index (κ3) is 3.46. The Kier molecular flexibility index (Phi) is 4.61. The van der Waals surface area contributed by atoms with Crippen molar-refractivity contribution >= 4 is 5.69 Å². The molecule has 5 heteroatoms. The fourth-order valence-electron chi connectivity index (χ4n) is 2.72. The van der Waals surface area contributed by atoms with Gasteiger partial charge in [0, 0.05) is 30.8 Å². The maximum absolute atomic E-state index is 11.0. The van der Waals surface area contributed by atoms with Crippen LogP contribution in [0.25, 0.3) is 11.1 Å². The van der Waals surface area contributed by atoms with Crippen LogP contribution in [0.1, 0.15) is 5.56 Å². The lowest BCUT2D eigenvalue weighted by molar-refractivity contribution is -0.384. The summed E-state index contributed by atoms with van der Waals surface area (Å²) in [6, 6.07) is 12.6. The van der Waals surface area contributed by atoms with Gasteiger partial charge in [-0.3, -0.25) is 10.1 Å². The molecule has 3 rings (SSSR count). The second kappa shape index (κ2) is 7.00. The van der Waals surface area contributed by atoms with Gasteiger partial charge in [-0.25, -0.2) is 0 Å². The Morgan fingerprint density at radius 1 is 1.21 bits per heavy atom. The molecule has 1 heterocycles. The van der Waals surface area contributed by atoms with Crippen molar-refractivity contribution < 1.29 is 9.66 Å². The zero-order chi connectivity index (χ0) is 16.9. The summed E-state index contributed by atoms with van der Waals surface area (Å²) in [5, 5.41) is 11.0. The van der Waals surface area contributed by atoms with E-state index in [0.717, 1.165) is 29.8 Å². The van der Waals surface area contributed by atoms with Gasteiger partial charge >= 0.3 is 0 Å². The number of rotatable bonds is 5. The maximum atomic E-state index is 11.0. The van der Waals surface area contributed by atoms with Crippen LogP contribution in [0.5, 0.6) is 5.75 Å². The molecule has 0 aromatic heterocycles. The molecule has 1 aliphatic rings. The molecule has 0 saturated heterocycles. The highest BCUT2D eigenvalue weighted by Crippen LogP contribution is 2.33. The molecule has 5 nitrogen and oxygen atoms in total. The van der Waals surface area contributed by atoms with Crippen molar-refractivity contribution in [3.8, 4) is 16.9 Å². The average molecular weight is 322 g/mol. The zero-order valence-electron chi connectivity index (χ0n) is 13.4. The van der Waals surface area contributed by atoms with Crippen LogP contribution in [0.2, 0.25) is 0 Å². The van der Waals surface area contributed by atoms with Crippen LogP contribution in [-0.4, -0.2) is 23.5 Å². The summed E-state index contributed by atoms with van der Waals surface area (Å²) in [5.41, 5.74) is 2.83. The lowest BCUT2D eigenvalue weighted by Gasteiger charge is -2.21. The van der Waals surface area contributed by atoms with Crippen LogP contribution in [-0.2, 0) is 6.54 Å². The Morgan fingerprint density at radius 2 is 2.08 bits per heavy atom. The van der Waals surface area contributed by atoms with Crippen LogP contribution < -0.4 is 4.74 Å². The molecular weight excluding hydrogens is 304 g/mol. The first-order valence-electron chi connectivity index (χ1n) is 7.66. The Bertz CT molecular complexity index is 812. The number of methoxy groups -OCH3 is 1. The summed E-state index contributed by atoms with van der Waals surface area (Å²) < 4.78 is 5.44. The summed E-state index contributed by atoms with van der Waals surface area (Å²) in [7, 11) is 1.61. The molecule has 0 saturated carbocycles. The minimum atomic E-state index is -0.384. The van der Waals surface area contributed by atoms with Gasteiger partial charge in [-0.2, -0.15) is 0 Å². The van der Waals surface area contributed by atoms with E-state index >= 15 is 0 Å². The molecule has 0 amide bonds. The molecule has 0 N–H and O–H groups in total. The molecular formula is C19H18N2O3. The van der Waals surface area contributed by atoms with E-state index in [1.807, 2.05) is 36.4 Å². The van der Waals surface area contributed by atoms with Gasteiger partial charge in [0.05, 0.1) is 12.0 Å². The Labute approximate surface area is 140 Å². The molecule has 0 aliphatic carbocycles. The molecule has 0 radical (unpaired) electrons. The molecule has 2 aromatic carbocycles. The van der Waals surface area contributed by atoms with Crippen LogP contribution >= 0.6 is 0 Å². The van der Waals surface area contributed by atoms with Crippen molar-refractivity contribution in [2.24, 2.45) is 0 Å². The van der Waals surface area contributed by atoms with E-state index in [9.17, 15) is 10.1 Å². The molecule has 0 atom stereocenters. The van der Waals surface area contributed by atoms with Crippen molar-refractivity contribution in [1.82, 2.24) is 4.90 Å². The van der Waals surface area contributed by atoms with Crippen molar-refractivity contribution in [3.63, 3.8) is 0 Å². The number of benzene rings is 2. The summed E-state index contributed by atoms with van der Waals surface area (Å²) in [4.78, 5) is 12.8. The standard InChI is InChI=1S/C19H18N2O3/c1-24-19-9-8-15(14-20-10-3-2-4-11-20)12-18(19)16-6-5-7-17(13-16)21(22)23/h2-10,12-13H,11,14H2,1H3. The number of nitro groups is 1. The number of hydrogen-bond acceptors (Lipinski definition) is 4. The van der Waals surface area contributed by atoms with E-state index < -0.39 is 0 Å². The molecule has 122 valence electrons. The van der Waals surface area contributed by atoms with Gasteiger partial charge in [-0.1, -0.05) is 30.4 Å². The quantitative estimate of drug-likeness (QED) is 0.613. The Balaban J connectivity index is 1.95. The van der Waals surface area contributed by atoms with Crippen LogP contribution in [0.15, 0.2) is 66.9 Å².